The molecule has 1 amide bonds. The molecule has 8 rings (SSSR count). The Morgan fingerprint density at radius 2 is 1.36 bits per heavy atom. The lowest BCUT2D eigenvalue weighted by Crippen LogP contribution is -2.48. The summed E-state index contributed by atoms with van der Waals surface area (Å²) < 4.78 is 52.8. The molecule has 0 bridgehead atoms. The first-order valence-electron chi connectivity index (χ1n) is 18.4. The monoisotopic (exact) mass is 880 g/mol. The lowest BCUT2D eigenvalue weighted by Gasteiger charge is -2.44. The highest BCUT2D eigenvalue weighted by Gasteiger charge is 2.48. The van der Waals surface area contributed by atoms with E-state index in [0.29, 0.717) is 64.3 Å². The lowest BCUT2D eigenvalue weighted by atomic mass is 9.65. The number of amides is 1. The summed E-state index contributed by atoms with van der Waals surface area (Å²) in [5.41, 5.74) is 7.08. The van der Waals surface area contributed by atoms with Crippen LogP contribution < -0.4 is 21.1 Å². The fourth-order valence-electron chi connectivity index (χ4n) is 6.84. The third-order valence-electron chi connectivity index (χ3n) is 9.99. The van der Waals surface area contributed by atoms with Crippen LogP contribution in [0.2, 0.25) is 5.02 Å². The number of aromatic nitrogens is 8. The van der Waals surface area contributed by atoms with E-state index in [1.807, 2.05) is 0 Å². The van der Waals surface area contributed by atoms with E-state index >= 15 is 0 Å². The Morgan fingerprint density at radius 3 is 1.86 bits per heavy atom. The molecular weight excluding hydrogens is 842 g/mol. The number of thiazole rings is 2. The predicted octanol–water partition coefficient (Wildman–Crippen LogP) is 5.88. The highest BCUT2D eigenvalue weighted by atomic mass is 35.5. The van der Waals surface area contributed by atoms with Crippen molar-refractivity contribution >= 4 is 62.1 Å². The van der Waals surface area contributed by atoms with Crippen LogP contribution in [-0.4, -0.2) is 79.7 Å². The summed E-state index contributed by atoms with van der Waals surface area (Å²) in [6.07, 6.45) is 17.1. The van der Waals surface area contributed by atoms with Crippen molar-refractivity contribution in [3.8, 4) is 21.1 Å². The first kappa shape index (κ1) is 42.0. The van der Waals surface area contributed by atoms with Gasteiger partial charge in [-0.3, -0.25) is 14.8 Å². The fourth-order valence-corrected chi connectivity index (χ4v) is 9.39. The summed E-state index contributed by atoms with van der Waals surface area (Å²) >= 11 is 9.04. The molecule has 0 aliphatic heterocycles. The van der Waals surface area contributed by atoms with Crippen molar-refractivity contribution in [2.45, 2.75) is 62.1 Å². The second-order valence-electron chi connectivity index (χ2n) is 14.4. The van der Waals surface area contributed by atoms with Gasteiger partial charge >= 0.3 is 0 Å². The van der Waals surface area contributed by atoms with Crippen LogP contribution in [0.4, 0.5) is 20.7 Å². The lowest BCUT2D eigenvalue weighted by molar-refractivity contribution is -0.117. The van der Waals surface area contributed by atoms with E-state index in [0.717, 1.165) is 46.4 Å². The van der Waals surface area contributed by atoms with Gasteiger partial charge in [0.25, 0.3) is 0 Å². The van der Waals surface area contributed by atoms with Crippen LogP contribution in [0.3, 0.4) is 0 Å². The molecule has 6 aromatic rings. The van der Waals surface area contributed by atoms with Crippen LogP contribution in [-0.2, 0) is 38.6 Å². The van der Waals surface area contributed by atoms with Crippen molar-refractivity contribution in [2.24, 2.45) is 5.73 Å². The highest BCUT2D eigenvalue weighted by molar-refractivity contribution is 7.88. The first-order chi connectivity index (χ1) is 28.3. The highest BCUT2D eigenvalue weighted by Crippen LogP contribution is 2.47. The molecule has 2 saturated carbocycles. The summed E-state index contributed by atoms with van der Waals surface area (Å²) in [5, 5.41) is 8.34. The van der Waals surface area contributed by atoms with Crippen molar-refractivity contribution in [3.05, 3.63) is 106 Å². The molecule has 6 heterocycles. The van der Waals surface area contributed by atoms with E-state index in [1.165, 1.54) is 28.7 Å². The van der Waals surface area contributed by atoms with Gasteiger partial charge in [0, 0.05) is 101 Å². The maximum Gasteiger partial charge on any atom is 0.222 e. The van der Waals surface area contributed by atoms with Crippen LogP contribution in [0.5, 0.6) is 0 Å². The molecule has 0 radical (unpaired) electrons. The van der Waals surface area contributed by atoms with Crippen molar-refractivity contribution in [2.75, 3.05) is 30.0 Å². The van der Waals surface area contributed by atoms with E-state index in [-0.39, 0.29) is 24.2 Å². The number of carbonyl (C=O) groups is 1. The summed E-state index contributed by atoms with van der Waals surface area (Å²) in [6, 6.07) is 6.57. The molecule has 2 aliphatic rings. The number of halogens is 3. The zero-order valence-electron chi connectivity index (χ0n) is 31.6. The van der Waals surface area contributed by atoms with E-state index in [1.54, 1.807) is 67.8 Å². The average molecular weight is 881 g/mol. The summed E-state index contributed by atoms with van der Waals surface area (Å²) in [5.74, 6) is 0.206. The number of anilines is 2. The number of nitrogens with zero attached hydrogens (tertiary/aromatic N) is 8. The quantitative estimate of drug-likeness (QED) is 0.0950. The smallest absolute Gasteiger partial charge is 0.222 e. The topological polar surface area (TPSA) is 216 Å². The molecule has 6 aromatic heterocycles. The molecule has 2 aliphatic carbocycles. The number of carbonyl (C=O) groups excluding carboxylic acids is 1. The Labute approximate surface area is 351 Å². The number of pyridine rings is 2. The summed E-state index contributed by atoms with van der Waals surface area (Å²) in [4.78, 5) is 47.2. The number of primary amides is 1. The van der Waals surface area contributed by atoms with E-state index < -0.39 is 27.5 Å². The largest absolute Gasteiger partial charge is 0.369 e. The van der Waals surface area contributed by atoms with Crippen LogP contribution in [0, 0.1) is 5.82 Å². The van der Waals surface area contributed by atoms with E-state index in [4.69, 9.17) is 17.3 Å². The fraction of sp³-hybridized carbons (Fsp3) is 0.342. The minimum absolute atomic E-state index is 0.159. The van der Waals surface area contributed by atoms with Crippen molar-refractivity contribution in [1.29, 1.82) is 0 Å². The molecule has 59 heavy (non-hydrogen) atoms. The molecular formula is C38H39ClF2N12O3S3. The molecule has 2 fully saturated rings. The second-order valence-corrected chi connectivity index (χ2v) is 18.9. The van der Waals surface area contributed by atoms with Crippen LogP contribution in [0.15, 0.2) is 73.8 Å². The number of sulfonamides is 1. The number of nitrogens with two attached hydrogens (primary N) is 1. The maximum absolute atomic E-state index is 14.2. The molecule has 0 unspecified atom stereocenters. The van der Waals surface area contributed by atoms with Crippen molar-refractivity contribution in [1.82, 2.24) is 44.6 Å². The molecule has 15 nitrogen and oxygen atoms in total. The molecule has 0 saturated heterocycles. The minimum Gasteiger partial charge on any atom is -0.369 e. The summed E-state index contributed by atoms with van der Waals surface area (Å²) in [6.45, 7) is 1.14. The SMILES string of the molecule is CS(=O)(=O)NCc1cnc(-c2cnc(NCC3(c4ncccc4F)CCC3)nc2)s1.NC(=O)Cc1cnc(-c2cnc(NCC3(c4ncccc4Cl)CC(F)C3)nc2)s1. The van der Waals surface area contributed by atoms with Crippen molar-refractivity contribution < 1.29 is 22.0 Å². The number of hydrogen-bond acceptors (Lipinski definition) is 15. The van der Waals surface area contributed by atoms with Crippen LogP contribution in [0.1, 0.15) is 53.2 Å². The number of nitrogens with one attached hydrogen (secondary N) is 3. The molecule has 5 N–H and O–H groups in total. The number of alkyl halides is 1. The zero-order valence-corrected chi connectivity index (χ0v) is 34.8. The number of hydrogen-bond donors (Lipinski definition) is 4. The van der Waals surface area contributed by atoms with Gasteiger partial charge in [-0.15, -0.1) is 22.7 Å². The standard InChI is InChI=1S/C19H18ClFN6OS.C19H21FN6O2S2/c20-14-2-1-3-23-16(14)19(5-12(21)6-19)10-27-18-25-7-11(8-26-18)17-24-9-13(29-17)4-15(22)28;1-30(27,28)26-11-14-10-22-17(29-14)13-8-23-18(24-9-13)25-12-19(5-3-6-19)16-15(20)4-2-7-21-16/h1-3,7-9,12H,4-6,10H2,(H2,22,28)(H,25,26,27);2,4,7-10,26H,3,5-6,11-12H2,1H3,(H,23,24,25). The van der Waals surface area contributed by atoms with Gasteiger partial charge in [0.1, 0.15) is 22.0 Å². The van der Waals surface area contributed by atoms with Gasteiger partial charge in [0.2, 0.25) is 27.8 Å². The predicted molar refractivity (Wildman–Crippen MR) is 223 cm³/mol. The maximum atomic E-state index is 14.2. The van der Waals surface area contributed by atoms with E-state index in [2.05, 4.69) is 55.2 Å². The van der Waals surface area contributed by atoms with Crippen LogP contribution in [0.25, 0.3) is 21.1 Å². The Hall–Kier alpha value is -5.15. The van der Waals surface area contributed by atoms with Gasteiger partial charge in [-0.1, -0.05) is 18.0 Å². The molecule has 308 valence electrons. The van der Waals surface area contributed by atoms with Gasteiger partial charge in [0.15, 0.2) is 0 Å². The normalized spacial score (nSPS) is 18.1. The van der Waals surface area contributed by atoms with Crippen LogP contribution >= 0.6 is 34.3 Å². The minimum atomic E-state index is -3.25. The molecule has 0 atom stereocenters. The molecule has 21 heteroatoms. The first-order valence-corrected chi connectivity index (χ1v) is 22.3. The van der Waals surface area contributed by atoms with Gasteiger partial charge in [-0.25, -0.2) is 51.8 Å². The van der Waals surface area contributed by atoms with Gasteiger partial charge in [-0.05, 0) is 49.9 Å². The summed E-state index contributed by atoms with van der Waals surface area (Å²) in [7, 11) is -3.25. The Bertz CT molecular complexity index is 2500. The van der Waals surface area contributed by atoms with Crippen molar-refractivity contribution in [3.63, 3.8) is 0 Å². The Kier molecular flexibility index (Phi) is 12.8. The van der Waals surface area contributed by atoms with Gasteiger partial charge < -0.3 is 16.4 Å². The number of rotatable bonds is 15. The molecule has 0 spiro atoms. The van der Waals surface area contributed by atoms with Gasteiger partial charge in [0.05, 0.1) is 29.1 Å². The second kappa shape index (κ2) is 18.0. The average Bonchev–Trinajstić information content (AvgIpc) is 3.86. The van der Waals surface area contributed by atoms with Gasteiger partial charge in [-0.2, -0.15) is 0 Å². The Balaban J connectivity index is 0.000000179. The molecule has 0 aromatic carbocycles. The third-order valence-corrected chi connectivity index (χ3v) is 13.1. The zero-order chi connectivity index (χ0) is 41.6. The van der Waals surface area contributed by atoms with E-state index in [9.17, 15) is 22.0 Å². The Morgan fingerprint density at radius 1 is 0.814 bits per heavy atom. The third kappa shape index (κ3) is 10.4.